The Morgan fingerprint density at radius 1 is 1.14 bits per heavy atom. The van der Waals surface area contributed by atoms with Gasteiger partial charge in [0.15, 0.2) is 0 Å². The Hall–Kier alpha value is -3.04. The van der Waals surface area contributed by atoms with Gasteiger partial charge >= 0.3 is 0 Å². The zero-order chi connectivity index (χ0) is 25.4. The van der Waals surface area contributed by atoms with Crippen molar-refractivity contribution in [3.63, 3.8) is 0 Å². The van der Waals surface area contributed by atoms with Gasteiger partial charge in [0.2, 0.25) is 11.8 Å². The molecule has 9 heteroatoms. The van der Waals surface area contributed by atoms with E-state index in [0.717, 1.165) is 25.7 Å². The van der Waals surface area contributed by atoms with Crippen molar-refractivity contribution in [1.82, 2.24) is 14.8 Å². The average molecular weight is 498 g/mol. The summed E-state index contributed by atoms with van der Waals surface area (Å²) in [6.45, 7) is 0.596. The molecule has 2 N–H and O–H groups in total. The summed E-state index contributed by atoms with van der Waals surface area (Å²) in [5, 5.41) is 13.3. The van der Waals surface area contributed by atoms with Crippen molar-refractivity contribution in [2.24, 2.45) is 17.8 Å². The Labute approximate surface area is 209 Å². The first kappa shape index (κ1) is 24.6. The van der Waals surface area contributed by atoms with E-state index < -0.39 is 23.8 Å². The summed E-state index contributed by atoms with van der Waals surface area (Å²) in [7, 11) is 1.54. The second-order valence-corrected chi connectivity index (χ2v) is 9.98. The highest BCUT2D eigenvalue weighted by Crippen LogP contribution is 2.50. The lowest BCUT2D eigenvalue weighted by Crippen LogP contribution is -2.52. The molecule has 0 unspecified atom stereocenters. The summed E-state index contributed by atoms with van der Waals surface area (Å²) in [6.07, 6.45) is 3.48. The number of aliphatic hydroxyl groups excluding tert-OH is 1. The lowest BCUT2D eigenvalue weighted by Gasteiger charge is -2.33. The number of pyridine rings is 1. The van der Waals surface area contributed by atoms with Crippen LogP contribution in [0, 0.1) is 23.6 Å². The molecule has 2 aromatic rings. The molecule has 2 amide bonds. The highest BCUT2D eigenvalue weighted by atomic mass is 19.1. The molecule has 192 valence electrons. The Morgan fingerprint density at radius 3 is 2.58 bits per heavy atom. The summed E-state index contributed by atoms with van der Waals surface area (Å²) in [5.74, 6) is -1.89. The van der Waals surface area contributed by atoms with Gasteiger partial charge in [-0.1, -0.05) is 31.0 Å². The van der Waals surface area contributed by atoms with Crippen molar-refractivity contribution < 1.29 is 23.8 Å². The van der Waals surface area contributed by atoms with Crippen molar-refractivity contribution in [3.8, 4) is 11.1 Å². The molecule has 3 heterocycles. The number of carbonyl (C=O) groups excluding carboxylic acids is 2. The smallest absolute Gasteiger partial charge is 0.258 e. The second kappa shape index (κ2) is 10.1. The number of aliphatic hydroxyl groups is 1. The molecule has 8 nitrogen and oxygen atoms in total. The maximum atomic E-state index is 14.5. The molecule has 2 fully saturated rings. The van der Waals surface area contributed by atoms with Crippen molar-refractivity contribution >= 4 is 11.8 Å². The van der Waals surface area contributed by atoms with Crippen molar-refractivity contribution in [2.75, 3.05) is 26.9 Å². The lowest BCUT2D eigenvalue weighted by molar-refractivity contribution is -0.144. The minimum Gasteiger partial charge on any atom is -0.396 e. The fourth-order valence-corrected chi connectivity index (χ4v) is 6.38. The van der Waals surface area contributed by atoms with Gasteiger partial charge in [-0.15, -0.1) is 0 Å². The predicted molar refractivity (Wildman–Crippen MR) is 130 cm³/mol. The Morgan fingerprint density at radius 2 is 1.89 bits per heavy atom. The maximum Gasteiger partial charge on any atom is 0.258 e. The monoisotopic (exact) mass is 497 g/mol. The van der Waals surface area contributed by atoms with Crippen LogP contribution >= 0.6 is 0 Å². The summed E-state index contributed by atoms with van der Waals surface area (Å²) in [5.41, 5.74) is 0.767. The first-order valence-electron chi connectivity index (χ1n) is 12.7. The second-order valence-electron chi connectivity index (χ2n) is 9.98. The van der Waals surface area contributed by atoms with Crippen LogP contribution in [0.25, 0.3) is 11.1 Å². The largest absolute Gasteiger partial charge is 0.396 e. The molecule has 0 radical (unpaired) electrons. The normalized spacial score (nSPS) is 25.1. The van der Waals surface area contributed by atoms with Crippen molar-refractivity contribution in [2.45, 2.75) is 44.3 Å². The van der Waals surface area contributed by atoms with Gasteiger partial charge in [0, 0.05) is 55.8 Å². The summed E-state index contributed by atoms with van der Waals surface area (Å²) in [6, 6.07) is 8.18. The first-order valence-corrected chi connectivity index (χ1v) is 12.7. The summed E-state index contributed by atoms with van der Waals surface area (Å²) in [4.78, 5) is 42.3. The van der Waals surface area contributed by atoms with Crippen LogP contribution in [0.4, 0.5) is 4.39 Å². The fourth-order valence-electron chi connectivity index (χ4n) is 6.38. The molecule has 1 saturated carbocycles. The number of likely N-dealkylation sites (tertiary alicyclic amines) is 1. The standard InChI is InChI=1S/C27H32FN3O5/c1-36-13-12-29-25(33)24-20(15-32)19-14-30-22(23(19)31(24)26(34)16-6-2-3-7-16)11-10-18(27(30)35)17-8-4-5-9-21(17)28/h4-5,8-11,16,19-20,23-24,32H,2-3,6-7,12-15H2,1H3,(H,29,33)/t19-,20-,23+,24-/m0/s1. The van der Waals surface area contributed by atoms with Crippen LogP contribution in [0.2, 0.25) is 0 Å². The van der Waals surface area contributed by atoms with E-state index in [9.17, 15) is 23.9 Å². The lowest BCUT2D eigenvalue weighted by atomic mass is 9.88. The molecule has 0 bridgehead atoms. The maximum absolute atomic E-state index is 14.5. The highest BCUT2D eigenvalue weighted by Gasteiger charge is 2.58. The molecule has 1 aromatic carbocycles. The van der Waals surface area contributed by atoms with Gasteiger partial charge < -0.3 is 24.6 Å². The Bertz CT molecular complexity index is 1210. The van der Waals surface area contributed by atoms with E-state index in [1.165, 1.54) is 6.07 Å². The van der Waals surface area contributed by atoms with Gasteiger partial charge in [-0.25, -0.2) is 4.39 Å². The minimum absolute atomic E-state index is 0.0931. The van der Waals surface area contributed by atoms with Crippen LogP contribution in [-0.2, 0) is 20.9 Å². The molecule has 1 saturated heterocycles. The SMILES string of the molecule is COCCNC(=O)[C@@H]1[C@@H](CO)[C@@H]2Cn3c(ccc(-c4ccccc4F)c3=O)[C@@H]2N1C(=O)C1CCCC1. The molecule has 36 heavy (non-hydrogen) atoms. The van der Waals surface area contributed by atoms with Crippen molar-refractivity contribution in [1.29, 1.82) is 0 Å². The third-order valence-corrected chi connectivity index (χ3v) is 8.07. The molecule has 0 spiro atoms. The van der Waals surface area contributed by atoms with E-state index in [4.69, 9.17) is 4.74 Å². The number of methoxy groups -OCH3 is 1. The quantitative estimate of drug-likeness (QED) is 0.571. The highest BCUT2D eigenvalue weighted by molar-refractivity contribution is 5.90. The molecule has 1 aliphatic carbocycles. The van der Waals surface area contributed by atoms with E-state index in [1.54, 1.807) is 46.9 Å². The number of rotatable bonds is 7. The van der Waals surface area contributed by atoms with Crippen LogP contribution in [-0.4, -0.2) is 59.3 Å². The van der Waals surface area contributed by atoms with E-state index in [2.05, 4.69) is 5.32 Å². The third-order valence-electron chi connectivity index (χ3n) is 8.07. The van der Waals surface area contributed by atoms with Gasteiger partial charge in [-0.2, -0.15) is 0 Å². The van der Waals surface area contributed by atoms with Gasteiger partial charge in [0.05, 0.1) is 18.2 Å². The molecule has 2 aliphatic heterocycles. The zero-order valence-corrected chi connectivity index (χ0v) is 20.4. The number of halogens is 1. The van der Waals surface area contributed by atoms with Crippen LogP contribution in [0.3, 0.4) is 0 Å². The van der Waals surface area contributed by atoms with Gasteiger partial charge in [-0.05, 0) is 31.0 Å². The van der Waals surface area contributed by atoms with E-state index in [1.807, 2.05) is 0 Å². The number of nitrogens with one attached hydrogen (secondary N) is 1. The number of carbonyl (C=O) groups is 2. The van der Waals surface area contributed by atoms with E-state index in [0.29, 0.717) is 18.8 Å². The number of nitrogens with zero attached hydrogens (tertiary/aromatic N) is 2. The van der Waals surface area contributed by atoms with Gasteiger partial charge in [0.1, 0.15) is 11.9 Å². The summed E-state index contributed by atoms with van der Waals surface area (Å²) < 4.78 is 21.1. The number of amides is 2. The van der Waals surface area contributed by atoms with Crippen LogP contribution < -0.4 is 10.9 Å². The molecule has 3 aliphatic rings. The van der Waals surface area contributed by atoms with Gasteiger partial charge in [0.25, 0.3) is 5.56 Å². The first-order chi connectivity index (χ1) is 17.5. The molecule has 5 rings (SSSR count). The van der Waals surface area contributed by atoms with E-state index >= 15 is 0 Å². The van der Waals surface area contributed by atoms with E-state index in [-0.39, 0.29) is 53.5 Å². The van der Waals surface area contributed by atoms with Gasteiger partial charge in [-0.3, -0.25) is 14.4 Å². The zero-order valence-electron chi connectivity index (χ0n) is 20.4. The fraction of sp³-hybridized carbons (Fsp3) is 0.519. The topological polar surface area (TPSA) is 101 Å². The average Bonchev–Trinajstić information content (AvgIpc) is 3.60. The number of hydrogen-bond acceptors (Lipinski definition) is 5. The third kappa shape index (κ3) is 4.04. The molecular formula is C27H32FN3O5. The van der Waals surface area contributed by atoms with Crippen LogP contribution in [0.5, 0.6) is 0 Å². The Kier molecular flexibility index (Phi) is 6.94. The van der Waals surface area contributed by atoms with Crippen LogP contribution in [0.1, 0.15) is 37.4 Å². The number of hydrogen-bond donors (Lipinski definition) is 2. The number of ether oxygens (including phenoxy) is 1. The van der Waals surface area contributed by atoms with Crippen LogP contribution in [0.15, 0.2) is 41.2 Å². The predicted octanol–water partition coefficient (Wildman–Crippen LogP) is 2.10. The molecule has 4 atom stereocenters. The Balaban J connectivity index is 1.56. The summed E-state index contributed by atoms with van der Waals surface area (Å²) >= 11 is 0. The number of fused-ring (bicyclic) bond motifs is 3. The molecule has 1 aromatic heterocycles. The van der Waals surface area contributed by atoms with Crippen molar-refractivity contribution in [3.05, 3.63) is 58.3 Å². The number of benzene rings is 1. The minimum atomic E-state index is -0.829. The molecular weight excluding hydrogens is 465 g/mol. The number of aromatic nitrogens is 1.